The topological polar surface area (TPSA) is 21.3 Å². The Morgan fingerprint density at radius 3 is 2.67 bits per heavy atom. The van der Waals surface area contributed by atoms with Gasteiger partial charge >= 0.3 is 0 Å². The summed E-state index contributed by atoms with van der Waals surface area (Å²) in [7, 11) is 1.41. The summed E-state index contributed by atoms with van der Waals surface area (Å²) in [4.78, 5) is 0. The Morgan fingerprint density at radius 1 is 1.39 bits per heavy atom. The molecule has 1 fully saturated rings. The van der Waals surface area contributed by atoms with Crippen LogP contribution in [-0.2, 0) is 6.42 Å². The zero-order valence-corrected chi connectivity index (χ0v) is 11.8. The molecule has 2 nitrogen and oxygen atoms in total. The van der Waals surface area contributed by atoms with Gasteiger partial charge in [0, 0.05) is 5.56 Å². The average molecular weight is 320 g/mol. The van der Waals surface area contributed by atoms with Crippen LogP contribution in [0.3, 0.4) is 0 Å². The lowest BCUT2D eigenvalue weighted by Crippen LogP contribution is -2.28. The summed E-state index contributed by atoms with van der Waals surface area (Å²) >= 11 is 2.89. The second-order valence-electron chi connectivity index (χ2n) is 4.58. The molecule has 1 N–H and O–H groups in total. The Labute approximate surface area is 114 Å². The Kier molecular flexibility index (Phi) is 4.56. The van der Waals surface area contributed by atoms with Gasteiger partial charge in [0.1, 0.15) is 5.82 Å². The molecule has 0 aromatic heterocycles. The van der Waals surface area contributed by atoms with Crippen molar-refractivity contribution in [2.75, 3.05) is 20.2 Å². The van der Waals surface area contributed by atoms with Crippen molar-refractivity contribution in [1.82, 2.24) is 5.32 Å². The highest BCUT2D eigenvalue weighted by Gasteiger charge is 2.21. The first-order valence-corrected chi connectivity index (χ1v) is 6.84. The standard InChI is InChI=1S/C13H16BrF2NO/c1-18-13-9(6-8-2-4-17-5-3-8)7-10(15)11(14)12(13)16/h7-8,17H,2-6H2,1H3. The van der Waals surface area contributed by atoms with Crippen LogP contribution in [0.1, 0.15) is 18.4 Å². The van der Waals surface area contributed by atoms with Crippen molar-refractivity contribution in [3.05, 3.63) is 27.7 Å². The van der Waals surface area contributed by atoms with Crippen molar-refractivity contribution in [1.29, 1.82) is 0 Å². The van der Waals surface area contributed by atoms with E-state index in [1.54, 1.807) is 0 Å². The highest BCUT2D eigenvalue weighted by Crippen LogP contribution is 2.33. The van der Waals surface area contributed by atoms with E-state index in [1.165, 1.54) is 13.2 Å². The van der Waals surface area contributed by atoms with E-state index in [9.17, 15) is 8.78 Å². The average Bonchev–Trinajstić information content (AvgIpc) is 2.38. The smallest absolute Gasteiger partial charge is 0.182 e. The summed E-state index contributed by atoms with van der Waals surface area (Å²) in [5, 5.41) is 3.27. The maximum atomic E-state index is 13.9. The van der Waals surface area contributed by atoms with Crippen molar-refractivity contribution >= 4 is 15.9 Å². The van der Waals surface area contributed by atoms with Crippen LogP contribution in [-0.4, -0.2) is 20.2 Å². The molecule has 0 bridgehead atoms. The predicted molar refractivity (Wildman–Crippen MR) is 69.9 cm³/mol. The summed E-state index contributed by atoms with van der Waals surface area (Å²) in [6.45, 7) is 1.93. The number of benzene rings is 1. The van der Waals surface area contributed by atoms with E-state index in [0.29, 0.717) is 17.9 Å². The molecule has 1 aromatic rings. The summed E-state index contributed by atoms with van der Waals surface area (Å²) in [5.41, 5.74) is 0.614. The van der Waals surface area contributed by atoms with Gasteiger partial charge in [-0.25, -0.2) is 8.78 Å². The van der Waals surface area contributed by atoms with Crippen molar-refractivity contribution in [3.63, 3.8) is 0 Å². The molecule has 5 heteroatoms. The van der Waals surface area contributed by atoms with Gasteiger partial charge in [0.2, 0.25) is 0 Å². The van der Waals surface area contributed by atoms with E-state index in [1.807, 2.05) is 0 Å². The fourth-order valence-corrected chi connectivity index (χ4v) is 2.69. The van der Waals surface area contributed by atoms with Crippen molar-refractivity contribution in [3.8, 4) is 5.75 Å². The van der Waals surface area contributed by atoms with E-state index in [2.05, 4.69) is 21.2 Å². The summed E-state index contributed by atoms with van der Waals surface area (Å²) in [6.07, 6.45) is 2.72. The van der Waals surface area contributed by atoms with E-state index in [-0.39, 0.29) is 10.2 Å². The zero-order valence-electron chi connectivity index (χ0n) is 10.2. The van der Waals surface area contributed by atoms with Gasteiger partial charge in [-0.15, -0.1) is 0 Å². The lowest BCUT2D eigenvalue weighted by atomic mass is 9.90. The van der Waals surface area contributed by atoms with Crippen LogP contribution in [0.15, 0.2) is 10.5 Å². The molecule has 0 aliphatic carbocycles. The monoisotopic (exact) mass is 319 g/mol. The summed E-state index contributed by atoms with van der Waals surface area (Å²) in [6, 6.07) is 1.37. The molecular weight excluding hydrogens is 304 g/mol. The first-order chi connectivity index (χ1) is 8.63. The fraction of sp³-hybridized carbons (Fsp3) is 0.538. The van der Waals surface area contributed by atoms with Gasteiger partial charge in [-0.3, -0.25) is 0 Å². The molecule has 0 unspecified atom stereocenters. The van der Waals surface area contributed by atoms with Crippen molar-refractivity contribution < 1.29 is 13.5 Å². The highest BCUT2D eigenvalue weighted by molar-refractivity contribution is 9.10. The lowest BCUT2D eigenvalue weighted by Gasteiger charge is -2.23. The van der Waals surface area contributed by atoms with Gasteiger partial charge < -0.3 is 10.1 Å². The van der Waals surface area contributed by atoms with Gasteiger partial charge in [-0.05, 0) is 60.3 Å². The number of piperidine rings is 1. The summed E-state index contributed by atoms with van der Waals surface area (Å²) < 4.78 is 32.3. The van der Waals surface area contributed by atoms with Crippen molar-refractivity contribution in [2.45, 2.75) is 19.3 Å². The Balaban J connectivity index is 2.25. The maximum absolute atomic E-state index is 13.9. The van der Waals surface area contributed by atoms with Gasteiger partial charge in [0.25, 0.3) is 0 Å². The SMILES string of the molecule is COc1c(CC2CCNCC2)cc(F)c(Br)c1F. The number of ether oxygens (including phenoxy) is 1. The van der Waals surface area contributed by atoms with Gasteiger partial charge in [0.05, 0.1) is 11.6 Å². The molecular formula is C13H16BrF2NO. The first kappa shape index (κ1) is 13.7. The van der Waals surface area contributed by atoms with Gasteiger partial charge in [0.15, 0.2) is 11.6 Å². The third-order valence-corrected chi connectivity index (χ3v) is 4.09. The molecule has 0 atom stereocenters. The molecule has 0 amide bonds. The van der Waals surface area contributed by atoms with Crippen LogP contribution in [0, 0.1) is 17.6 Å². The molecule has 1 aliphatic heterocycles. The minimum absolute atomic E-state index is 0.154. The van der Waals surface area contributed by atoms with E-state index in [4.69, 9.17) is 4.74 Å². The minimum atomic E-state index is -0.651. The number of hydrogen-bond acceptors (Lipinski definition) is 2. The Hall–Kier alpha value is -0.680. The van der Waals surface area contributed by atoms with Crippen LogP contribution >= 0.6 is 15.9 Å². The number of methoxy groups -OCH3 is 1. The van der Waals surface area contributed by atoms with E-state index in [0.717, 1.165) is 25.9 Å². The van der Waals surface area contributed by atoms with Crippen LogP contribution in [0.25, 0.3) is 0 Å². The number of hydrogen-bond donors (Lipinski definition) is 1. The minimum Gasteiger partial charge on any atom is -0.493 e. The molecule has 1 aromatic carbocycles. The quantitative estimate of drug-likeness (QED) is 0.863. The predicted octanol–water partition coefficient (Wildman–Crippen LogP) is 3.28. The molecule has 0 saturated carbocycles. The van der Waals surface area contributed by atoms with Gasteiger partial charge in [-0.1, -0.05) is 0 Å². The van der Waals surface area contributed by atoms with Crippen LogP contribution < -0.4 is 10.1 Å². The first-order valence-electron chi connectivity index (χ1n) is 6.04. The normalized spacial score (nSPS) is 16.9. The van der Waals surface area contributed by atoms with Gasteiger partial charge in [-0.2, -0.15) is 0 Å². The molecule has 1 heterocycles. The molecule has 1 aliphatic rings. The number of rotatable bonds is 3. The fourth-order valence-electron chi connectivity index (χ4n) is 2.40. The maximum Gasteiger partial charge on any atom is 0.182 e. The van der Waals surface area contributed by atoms with Crippen LogP contribution in [0.5, 0.6) is 5.75 Å². The molecule has 100 valence electrons. The van der Waals surface area contributed by atoms with E-state index >= 15 is 0 Å². The van der Waals surface area contributed by atoms with Crippen LogP contribution in [0.2, 0.25) is 0 Å². The summed E-state index contributed by atoms with van der Waals surface area (Å²) in [5.74, 6) is -0.611. The third-order valence-electron chi connectivity index (χ3n) is 3.37. The molecule has 18 heavy (non-hydrogen) atoms. The Bertz CT molecular complexity index is 433. The zero-order chi connectivity index (χ0) is 13.1. The third kappa shape index (κ3) is 2.83. The molecule has 2 rings (SSSR count). The molecule has 0 spiro atoms. The number of nitrogens with one attached hydrogen (secondary N) is 1. The second kappa shape index (κ2) is 5.97. The molecule has 0 radical (unpaired) electrons. The largest absolute Gasteiger partial charge is 0.493 e. The lowest BCUT2D eigenvalue weighted by molar-refractivity contribution is 0.349. The second-order valence-corrected chi connectivity index (χ2v) is 5.37. The molecule has 1 saturated heterocycles. The highest BCUT2D eigenvalue weighted by atomic mass is 79.9. The number of halogens is 3. The van der Waals surface area contributed by atoms with Crippen molar-refractivity contribution in [2.24, 2.45) is 5.92 Å². The van der Waals surface area contributed by atoms with Crippen LogP contribution in [0.4, 0.5) is 8.78 Å². The Morgan fingerprint density at radius 2 is 2.06 bits per heavy atom. The van der Waals surface area contributed by atoms with E-state index < -0.39 is 11.6 Å².